The van der Waals surface area contributed by atoms with Gasteiger partial charge in [-0.3, -0.25) is 4.68 Å². The lowest BCUT2D eigenvalue weighted by molar-refractivity contribution is 0.764. The molecule has 0 saturated heterocycles. The topological polar surface area (TPSA) is 61.7 Å². The number of rotatable bonds is 2. The first-order valence-electron chi connectivity index (χ1n) is 5.84. The number of para-hydroxylation sites is 1. The third-order valence-corrected chi connectivity index (χ3v) is 3.10. The van der Waals surface area contributed by atoms with E-state index in [1.165, 1.54) is 5.56 Å². The molecule has 0 spiro atoms. The van der Waals surface area contributed by atoms with Crippen LogP contribution in [0, 0.1) is 6.92 Å². The van der Waals surface area contributed by atoms with Crippen LogP contribution in [0.25, 0.3) is 11.0 Å². The lowest BCUT2D eigenvalue weighted by Gasteiger charge is -2.06. The van der Waals surface area contributed by atoms with Crippen LogP contribution in [0.1, 0.15) is 11.1 Å². The maximum Gasteiger partial charge on any atom is 0.201 e. The van der Waals surface area contributed by atoms with Crippen LogP contribution in [0.4, 0.5) is 5.95 Å². The highest BCUT2D eigenvalue weighted by atomic mass is 15.2. The second-order valence-corrected chi connectivity index (χ2v) is 4.52. The molecule has 3 aromatic rings. The van der Waals surface area contributed by atoms with Crippen molar-refractivity contribution in [1.82, 2.24) is 19.3 Å². The van der Waals surface area contributed by atoms with Crippen molar-refractivity contribution >= 4 is 17.0 Å². The number of hydrogen-bond acceptors (Lipinski definition) is 3. The van der Waals surface area contributed by atoms with Gasteiger partial charge in [0.15, 0.2) is 0 Å². The minimum Gasteiger partial charge on any atom is -0.369 e. The number of imidazole rings is 1. The van der Waals surface area contributed by atoms with Crippen molar-refractivity contribution in [1.29, 1.82) is 0 Å². The predicted octanol–water partition coefficient (Wildman–Crippen LogP) is 1.71. The van der Waals surface area contributed by atoms with Crippen LogP contribution in [0.5, 0.6) is 0 Å². The summed E-state index contributed by atoms with van der Waals surface area (Å²) in [5, 5.41) is 4.17. The van der Waals surface area contributed by atoms with E-state index in [4.69, 9.17) is 5.73 Å². The number of fused-ring (bicyclic) bond motifs is 1. The maximum absolute atomic E-state index is 6.00. The molecule has 2 aromatic heterocycles. The van der Waals surface area contributed by atoms with Crippen molar-refractivity contribution in [2.75, 3.05) is 5.73 Å². The van der Waals surface area contributed by atoms with Gasteiger partial charge < -0.3 is 10.3 Å². The SMILES string of the molecule is Cc1cccc2nc(N)n(Cc3cnn(C)c3)c12. The number of nitrogens with two attached hydrogens (primary N) is 1. The molecule has 0 aliphatic carbocycles. The fourth-order valence-electron chi connectivity index (χ4n) is 2.28. The summed E-state index contributed by atoms with van der Waals surface area (Å²) < 4.78 is 3.82. The first-order valence-corrected chi connectivity index (χ1v) is 5.84. The standard InChI is InChI=1S/C13H15N5/c1-9-4-3-5-11-12(9)18(13(14)16-11)8-10-6-15-17(2)7-10/h3-7H,8H2,1-2H3,(H2,14,16). The minimum absolute atomic E-state index is 0.545. The van der Waals surface area contributed by atoms with E-state index < -0.39 is 0 Å². The summed E-state index contributed by atoms with van der Waals surface area (Å²) in [6, 6.07) is 6.06. The van der Waals surface area contributed by atoms with Crippen LogP contribution >= 0.6 is 0 Å². The van der Waals surface area contributed by atoms with Crippen LogP contribution in [0.2, 0.25) is 0 Å². The van der Waals surface area contributed by atoms with Crippen LogP contribution in [-0.4, -0.2) is 19.3 Å². The number of aryl methyl sites for hydroxylation is 2. The Balaban J connectivity index is 2.13. The van der Waals surface area contributed by atoms with Gasteiger partial charge in [0.1, 0.15) is 0 Å². The van der Waals surface area contributed by atoms with Gasteiger partial charge in [-0.05, 0) is 18.6 Å². The first kappa shape index (κ1) is 10.8. The molecule has 92 valence electrons. The summed E-state index contributed by atoms with van der Waals surface area (Å²) in [5.41, 5.74) is 10.3. The number of nitrogens with zero attached hydrogens (tertiary/aromatic N) is 4. The molecule has 0 aliphatic heterocycles. The lowest BCUT2D eigenvalue weighted by atomic mass is 10.2. The third-order valence-electron chi connectivity index (χ3n) is 3.10. The van der Waals surface area contributed by atoms with Crippen molar-refractivity contribution in [3.8, 4) is 0 Å². The summed E-state index contributed by atoms with van der Waals surface area (Å²) in [6.45, 7) is 2.77. The molecular weight excluding hydrogens is 226 g/mol. The number of benzene rings is 1. The van der Waals surface area contributed by atoms with Gasteiger partial charge in [0, 0.05) is 18.8 Å². The monoisotopic (exact) mass is 241 g/mol. The zero-order valence-corrected chi connectivity index (χ0v) is 10.5. The van der Waals surface area contributed by atoms with Gasteiger partial charge in [-0.15, -0.1) is 0 Å². The number of nitrogen functional groups attached to an aromatic ring is 1. The largest absolute Gasteiger partial charge is 0.369 e. The molecule has 0 fully saturated rings. The first-order chi connectivity index (χ1) is 8.65. The summed E-state index contributed by atoms with van der Waals surface area (Å²) in [7, 11) is 1.91. The quantitative estimate of drug-likeness (QED) is 0.743. The Morgan fingerprint density at radius 1 is 1.33 bits per heavy atom. The van der Waals surface area contributed by atoms with Gasteiger partial charge in [-0.1, -0.05) is 12.1 Å². The summed E-state index contributed by atoms with van der Waals surface area (Å²) in [6.07, 6.45) is 3.84. The molecule has 1 aromatic carbocycles. The minimum atomic E-state index is 0.545. The van der Waals surface area contributed by atoms with Gasteiger partial charge >= 0.3 is 0 Å². The number of anilines is 1. The van der Waals surface area contributed by atoms with Crippen molar-refractivity contribution in [3.05, 3.63) is 41.7 Å². The van der Waals surface area contributed by atoms with Gasteiger partial charge in [0.2, 0.25) is 5.95 Å². The van der Waals surface area contributed by atoms with Crippen molar-refractivity contribution in [2.24, 2.45) is 7.05 Å². The lowest BCUT2D eigenvalue weighted by Crippen LogP contribution is -2.04. The van der Waals surface area contributed by atoms with Crippen molar-refractivity contribution in [3.63, 3.8) is 0 Å². The van der Waals surface area contributed by atoms with Gasteiger partial charge in [0.05, 0.1) is 23.8 Å². The van der Waals surface area contributed by atoms with Crippen molar-refractivity contribution in [2.45, 2.75) is 13.5 Å². The van der Waals surface area contributed by atoms with E-state index in [9.17, 15) is 0 Å². The Morgan fingerprint density at radius 3 is 2.89 bits per heavy atom. The normalized spacial score (nSPS) is 11.2. The van der Waals surface area contributed by atoms with Crippen LogP contribution in [-0.2, 0) is 13.6 Å². The van der Waals surface area contributed by atoms with E-state index in [1.807, 2.05) is 36.1 Å². The second-order valence-electron chi connectivity index (χ2n) is 4.52. The Hall–Kier alpha value is -2.30. The molecule has 0 bridgehead atoms. The zero-order valence-electron chi connectivity index (χ0n) is 10.5. The van der Waals surface area contributed by atoms with E-state index in [-0.39, 0.29) is 0 Å². The maximum atomic E-state index is 6.00. The Bertz CT molecular complexity index is 707. The Kier molecular flexibility index (Phi) is 2.33. The third kappa shape index (κ3) is 1.64. The Morgan fingerprint density at radius 2 is 2.17 bits per heavy atom. The predicted molar refractivity (Wildman–Crippen MR) is 71.2 cm³/mol. The summed E-state index contributed by atoms with van der Waals surface area (Å²) in [5.74, 6) is 0.545. The fourth-order valence-corrected chi connectivity index (χ4v) is 2.28. The van der Waals surface area contributed by atoms with Crippen LogP contribution < -0.4 is 5.73 Å². The molecule has 0 radical (unpaired) electrons. The van der Waals surface area contributed by atoms with Gasteiger partial charge in [-0.2, -0.15) is 5.10 Å². The fraction of sp³-hybridized carbons (Fsp3) is 0.231. The average molecular weight is 241 g/mol. The average Bonchev–Trinajstić information content (AvgIpc) is 2.85. The molecule has 3 rings (SSSR count). The molecule has 5 nitrogen and oxygen atoms in total. The smallest absolute Gasteiger partial charge is 0.201 e. The van der Waals surface area contributed by atoms with E-state index in [0.717, 1.165) is 16.6 Å². The van der Waals surface area contributed by atoms with Crippen molar-refractivity contribution < 1.29 is 0 Å². The van der Waals surface area contributed by atoms with Crippen LogP contribution in [0.3, 0.4) is 0 Å². The molecule has 18 heavy (non-hydrogen) atoms. The molecule has 0 unspecified atom stereocenters. The molecule has 5 heteroatoms. The van der Waals surface area contributed by atoms with E-state index in [2.05, 4.69) is 23.1 Å². The van der Waals surface area contributed by atoms with E-state index >= 15 is 0 Å². The molecule has 0 saturated carbocycles. The number of aromatic nitrogens is 4. The molecule has 0 aliphatic rings. The van der Waals surface area contributed by atoms with Crippen LogP contribution in [0.15, 0.2) is 30.6 Å². The van der Waals surface area contributed by atoms with E-state index in [0.29, 0.717) is 12.5 Å². The zero-order chi connectivity index (χ0) is 12.7. The highest BCUT2D eigenvalue weighted by Crippen LogP contribution is 2.22. The molecule has 0 atom stereocenters. The highest BCUT2D eigenvalue weighted by molar-refractivity contribution is 5.81. The van der Waals surface area contributed by atoms with Gasteiger partial charge in [-0.25, -0.2) is 4.98 Å². The summed E-state index contributed by atoms with van der Waals surface area (Å²) in [4.78, 5) is 4.39. The second kappa shape index (κ2) is 3.87. The molecule has 0 amide bonds. The molecular formula is C13H15N5. The van der Waals surface area contributed by atoms with Gasteiger partial charge in [0.25, 0.3) is 0 Å². The Labute approximate surface area is 105 Å². The molecule has 2 N–H and O–H groups in total. The molecule has 2 heterocycles. The number of hydrogen-bond donors (Lipinski definition) is 1. The summed E-state index contributed by atoms with van der Waals surface area (Å²) >= 11 is 0. The van der Waals surface area contributed by atoms with E-state index in [1.54, 1.807) is 4.68 Å². The highest BCUT2D eigenvalue weighted by Gasteiger charge is 2.10.